The van der Waals surface area contributed by atoms with E-state index in [0.29, 0.717) is 0 Å². The number of hydrogen-bond donors (Lipinski definition) is 0. The topological polar surface area (TPSA) is 25.8 Å². The molecule has 0 aliphatic heterocycles. The molecule has 0 atom stereocenters. The second-order valence-corrected chi connectivity index (χ2v) is 13.1. The molecule has 0 bridgehead atoms. The average Bonchev–Trinajstić information content (AvgIpc) is 3.23. The summed E-state index contributed by atoms with van der Waals surface area (Å²) in [7, 11) is 0. The molecule has 2 heterocycles. The molecule has 6 aromatic rings. The Morgan fingerprint density at radius 1 is 0.714 bits per heavy atom. The first-order chi connectivity index (χ1) is 20.1. The van der Waals surface area contributed by atoms with Crippen molar-refractivity contribution in [3.05, 3.63) is 132 Å². The van der Waals surface area contributed by atoms with Crippen LogP contribution in [0.3, 0.4) is 0 Å². The van der Waals surface area contributed by atoms with Gasteiger partial charge in [0.1, 0.15) is 0 Å². The highest BCUT2D eigenvalue weighted by molar-refractivity contribution is 5.99. The Morgan fingerprint density at radius 3 is 2.26 bits per heavy atom. The largest absolute Gasteiger partial charge is 0.256 e. The van der Waals surface area contributed by atoms with E-state index in [-0.39, 0.29) is 10.8 Å². The highest BCUT2D eigenvalue weighted by atomic mass is 14.7. The van der Waals surface area contributed by atoms with Crippen LogP contribution in [-0.4, -0.2) is 9.97 Å². The molecular formula is C40H34N2. The van der Waals surface area contributed by atoms with E-state index in [4.69, 9.17) is 4.98 Å². The van der Waals surface area contributed by atoms with E-state index in [1.54, 1.807) is 0 Å². The fourth-order valence-corrected chi connectivity index (χ4v) is 6.69. The summed E-state index contributed by atoms with van der Waals surface area (Å²) >= 11 is 0. The second-order valence-electron chi connectivity index (χ2n) is 13.1. The molecule has 2 aromatic heterocycles. The van der Waals surface area contributed by atoms with Crippen molar-refractivity contribution in [3.8, 4) is 44.8 Å². The first-order valence-electron chi connectivity index (χ1n) is 14.7. The van der Waals surface area contributed by atoms with E-state index < -0.39 is 0 Å². The Morgan fingerprint density at radius 2 is 1.45 bits per heavy atom. The van der Waals surface area contributed by atoms with Gasteiger partial charge in [-0.15, -0.1) is 0 Å². The SMILES string of the molecule is Cc1ccccc1-c1cc(-c2cc(-c3nccc4c3C(C)(C)c3c-4ccc4ccccc34)cc(C(C)(C)C)c2)c#cn1. The van der Waals surface area contributed by atoms with Crippen molar-refractivity contribution in [2.45, 2.75) is 52.4 Å². The minimum absolute atomic E-state index is 0.0486. The van der Waals surface area contributed by atoms with Gasteiger partial charge >= 0.3 is 0 Å². The summed E-state index contributed by atoms with van der Waals surface area (Å²) in [6.07, 6.45) is 5.04. The fourth-order valence-electron chi connectivity index (χ4n) is 6.69. The first kappa shape index (κ1) is 26.2. The first-order valence-corrected chi connectivity index (χ1v) is 14.7. The lowest BCUT2D eigenvalue weighted by molar-refractivity contribution is 0.590. The zero-order chi connectivity index (χ0) is 29.2. The Hall–Kier alpha value is -4.74. The molecule has 1 aliphatic rings. The number of nitrogens with zero attached hydrogens (tertiary/aromatic N) is 2. The van der Waals surface area contributed by atoms with Crippen molar-refractivity contribution < 1.29 is 0 Å². The molecule has 0 fully saturated rings. The molecular weight excluding hydrogens is 508 g/mol. The lowest BCUT2D eigenvalue weighted by Crippen LogP contribution is -2.17. The van der Waals surface area contributed by atoms with Gasteiger partial charge in [0.15, 0.2) is 0 Å². The zero-order valence-corrected chi connectivity index (χ0v) is 25.1. The summed E-state index contributed by atoms with van der Waals surface area (Å²) in [4.78, 5) is 9.65. The molecule has 0 saturated heterocycles. The van der Waals surface area contributed by atoms with Crippen molar-refractivity contribution in [2.24, 2.45) is 0 Å². The maximum atomic E-state index is 5.08. The van der Waals surface area contributed by atoms with Gasteiger partial charge in [-0.25, -0.2) is 0 Å². The van der Waals surface area contributed by atoms with Crippen LogP contribution in [0.1, 0.15) is 56.9 Å². The summed E-state index contributed by atoms with van der Waals surface area (Å²) in [5.74, 6) is 0. The average molecular weight is 543 g/mol. The Kier molecular flexibility index (Phi) is 5.86. The predicted molar refractivity (Wildman–Crippen MR) is 175 cm³/mol. The number of rotatable bonds is 3. The number of fused-ring (bicyclic) bond motifs is 5. The van der Waals surface area contributed by atoms with Gasteiger partial charge in [-0.1, -0.05) is 95.3 Å². The van der Waals surface area contributed by atoms with Gasteiger partial charge in [-0.05, 0) is 98.5 Å². The zero-order valence-electron chi connectivity index (χ0n) is 25.1. The predicted octanol–water partition coefficient (Wildman–Crippen LogP) is 10.1. The highest BCUT2D eigenvalue weighted by Gasteiger charge is 2.39. The fraction of sp³-hybridized carbons (Fsp3) is 0.200. The van der Waals surface area contributed by atoms with Gasteiger partial charge in [0.2, 0.25) is 0 Å². The monoisotopic (exact) mass is 542 g/mol. The molecule has 7 rings (SSSR count). The Bertz CT molecular complexity index is 2010. The summed E-state index contributed by atoms with van der Waals surface area (Å²) in [5, 5.41) is 2.59. The van der Waals surface area contributed by atoms with E-state index in [0.717, 1.165) is 33.6 Å². The van der Waals surface area contributed by atoms with Crippen molar-refractivity contribution in [2.75, 3.05) is 0 Å². The minimum Gasteiger partial charge on any atom is -0.256 e. The molecule has 0 saturated carbocycles. The number of aromatic nitrogens is 2. The molecule has 4 aromatic carbocycles. The van der Waals surface area contributed by atoms with Crippen molar-refractivity contribution in [1.29, 1.82) is 0 Å². The summed E-state index contributed by atoms with van der Waals surface area (Å²) in [6.45, 7) is 13.6. The maximum absolute atomic E-state index is 5.08. The molecule has 2 heteroatoms. The van der Waals surface area contributed by atoms with Crippen LogP contribution in [0.4, 0.5) is 0 Å². The molecule has 0 radical (unpaired) electrons. The van der Waals surface area contributed by atoms with Crippen LogP contribution in [0.15, 0.2) is 97.2 Å². The second kappa shape index (κ2) is 9.40. The Balaban J connectivity index is 1.44. The molecule has 1 aliphatic carbocycles. The number of benzene rings is 4. The van der Waals surface area contributed by atoms with Gasteiger partial charge in [-0.3, -0.25) is 4.98 Å². The van der Waals surface area contributed by atoms with Crippen LogP contribution in [0, 0.1) is 19.2 Å². The van der Waals surface area contributed by atoms with Crippen LogP contribution in [-0.2, 0) is 10.8 Å². The number of pyridine rings is 1. The summed E-state index contributed by atoms with van der Waals surface area (Å²) < 4.78 is 0. The molecule has 0 spiro atoms. The van der Waals surface area contributed by atoms with Crippen LogP contribution >= 0.6 is 0 Å². The van der Waals surface area contributed by atoms with E-state index in [2.05, 4.69) is 150 Å². The molecule has 42 heavy (non-hydrogen) atoms. The van der Waals surface area contributed by atoms with Gasteiger partial charge in [-0.2, -0.15) is 4.98 Å². The normalized spacial score (nSPS) is 13.5. The van der Waals surface area contributed by atoms with Gasteiger partial charge < -0.3 is 0 Å². The smallest absolute Gasteiger partial charge is 0.0824 e. The quantitative estimate of drug-likeness (QED) is 0.222. The molecule has 0 N–H and O–H groups in total. The van der Waals surface area contributed by atoms with Crippen molar-refractivity contribution in [1.82, 2.24) is 9.97 Å². The third-order valence-corrected chi connectivity index (χ3v) is 8.87. The highest BCUT2D eigenvalue weighted by Crippen LogP contribution is 2.54. The van der Waals surface area contributed by atoms with Gasteiger partial charge in [0.05, 0.1) is 11.4 Å². The van der Waals surface area contributed by atoms with E-state index >= 15 is 0 Å². The van der Waals surface area contributed by atoms with Crippen LogP contribution in [0.25, 0.3) is 55.5 Å². The van der Waals surface area contributed by atoms with Crippen molar-refractivity contribution >= 4 is 10.8 Å². The molecule has 0 unspecified atom stereocenters. The number of aryl methyl sites for hydroxylation is 1. The lowest BCUT2D eigenvalue weighted by atomic mass is 9.77. The van der Waals surface area contributed by atoms with E-state index in [1.165, 1.54) is 44.2 Å². The molecule has 0 amide bonds. The Labute approximate surface area is 249 Å². The lowest BCUT2D eigenvalue weighted by Gasteiger charge is -2.26. The summed E-state index contributed by atoms with van der Waals surface area (Å²) in [5.41, 5.74) is 13.7. The van der Waals surface area contributed by atoms with Crippen LogP contribution in [0.5, 0.6) is 0 Å². The van der Waals surface area contributed by atoms with E-state index in [9.17, 15) is 0 Å². The number of hydrogen-bond acceptors (Lipinski definition) is 2. The van der Waals surface area contributed by atoms with Crippen molar-refractivity contribution in [3.63, 3.8) is 0 Å². The van der Waals surface area contributed by atoms with E-state index in [1.807, 2.05) is 6.20 Å². The third-order valence-electron chi connectivity index (χ3n) is 8.87. The summed E-state index contributed by atoms with van der Waals surface area (Å²) in [6, 6.07) is 36.2. The van der Waals surface area contributed by atoms with Gasteiger partial charge in [0, 0.05) is 34.5 Å². The third kappa shape index (κ3) is 4.12. The molecule has 204 valence electrons. The van der Waals surface area contributed by atoms with Crippen LogP contribution in [0.2, 0.25) is 0 Å². The molecule has 2 nitrogen and oxygen atoms in total. The minimum atomic E-state index is -0.207. The van der Waals surface area contributed by atoms with Crippen LogP contribution < -0.4 is 0 Å². The maximum Gasteiger partial charge on any atom is 0.0824 e. The standard InChI is InChI=1S/C40H34N2/c1-25-11-7-9-13-31(25)35-24-27(17-19-41-35)28-21-29(23-30(22-28)39(2,3)4)38-37-34(18-20-42-38)33-16-15-26-12-8-10-14-32(26)36(33)40(37,5)6/h7-16,18,20-24H,1-6H3. The van der Waals surface area contributed by atoms with Gasteiger partial charge in [0.25, 0.3) is 0 Å².